The molecule has 0 amide bonds. The van der Waals surface area contributed by atoms with E-state index in [1.165, 1.54) is 38.5 Å². The maximum Gasteiger partial charge on any atom is 0.0636 e. The van der Waals surface area contributed by atoms with Crippen molar-refractivity contribution in [3.8, 4) is 0 Å². The van der Waals surface area contributed by atoms with Crippen molar-refractivity contribution in [2.75, 3.05) is 19.6 Å². The van der Waals surface area contributed by atoms with Gasteiger partial charge in [-0.15, -0.1) is 0 Å². The first-order valence-electron chi connectivity index (χ1n) is 6.41. The average molecular weight is 214 g/mol. The van der Waals surface area contributed by atoms with E-state index in [1.807, 2.05) is 6.92 Å². The molecule has 0 heterocycles. The van der Waals surface area contributed by atoms with Crippen molar-refractivity contribution in [2.45, 2.75) is 57.6 Å². The van der Waals surface area contributed by atoms with Crippen LogP contribution in [0.1, 0.15) is 45.4 Å². The lowest BCUT2D eigenvalue weighted by Crippen LogP contribution is -2.36. The molecule has 1 aliphatic carbocycles. The first-order chi connectivity index (χ1) is 7.29. The predicted molar refractivity (Wildman–Crippen MR) is 64.0 cm³/mol. The van der Waals surface area contributed by atoms with Crippen LogP contribution in [0.2, 0.25) is 0 Å². The highest BCUT2D eigenvalue weighted by Gasteiger charge is 2.10. The standard InChI is InChI=1S/C12H26N2O/c1-11(15)10-13-8-9-14-12-6-4-2-3-5-7-12/h11-15H,2-10H2,1H3. The molecule has 1 atom stereocenters. The van der Waals surface area contributed by atoms with E-state index in [4.69, 9.17) is 5.11 Å². The summed E-state index contributed by atoms with van der Waals surface area (Å²) in [6.07, 6.45) is 8.06. The molecule has 0 bridgehead atoms. The molecular weight excluding hydrogens is 188 g/mol. The van der Waals surface area contributed by atoms with Gasteiger partial charge in [-0.3, -0.25) is 0 Å². The molecule has 90 valence electrons. The third-order valence-electron chi connectivity index (χ3n) is 3.03. The van der Waals surface area contributed by atoms with E-state index in [9.17, 15) is 0 Å². The second-order valence-corrected chi connectivity index (χ2v) is 4.70. The Morgan fingerprint density at radius 1 is 1.13 bits per heavy atom. The molecule has 1 rings (SSSR count). The monoisotopic (exact) mass is 214 g/mol. The van der Waals surface area contributed by atoms with Crippen molar-refractivity contribution in [3.05, 3.63) is 0 Å². The summed E-state index contributed by atoms with van der Waals surface area (Å²) < 4.78 is 0. The van der Waals surface area contributed by atoms with Crippen LogP contribution in [0.4, 0.5) is 0 Å². The van der Waals surface area contributed by atoms with Gasteiger partial charge in [0.1, 0.15) is 0 Å². The lowest BCUT2D eigenvalue weighted by Gasteiger charge is -2.16. The fraction of sp³-hybridized carbons (Fsp3) is 1.00. The van der Waals surface area contributed by atoms with Crippen molar-refractivity contribution in [1.82, 2.24) is 10.6 Å². The first-order valence-corrected chi connectivity index (χ1v) is 6.41. The van der Waals surface area contributed by atoms with E-state index in [1.54, 1.807) is 0 Å². The minimum atomic E-state index is -0.233. The summed E-state index contributed by atoms with van der Waals surface area (Å²) in [4.78, 5) is 0. The molecule has 15 heavy (non-hydrogen) atoms. The van der Waals surface area contributed by atoms with Gasteiger partial charge in [0.15, 0.2) is 0 Å². The van der Waals surface area contributed by atoms with Crippen LogP contribution in [-0.4, -0.2) is 36.9 Å². The fourth-order valence-corrected chi connectivity index (χ4v) is 2.16. The Kier molecular flexibility index (Phi) is 6.98. The third-order valence-corrected chi connectivity index (χ3v) is 3.03. The summed E-state index contributed by atoms with van der Waals surface area (Å²) in [5.41, 5.74) is 0. The molecule has 0 radical (unpaired) electrons. The van der Waals surface area contributed by atoms with Gasteiger partial charge >= 0.3 is 0 Å². The molecule has 1 aliphatic rings. The Hall–Kier alpha value is -0.120. The molecular formula is C12H26N2O. The second-order valence-electron chi connectivity index (χ2n) is 4.70. The number of rotatable bonds is 6. The zero-order valence-electron chi connectivity index (χ0n) is 9.97. The van der Waals surface area contributed by atoms with Gasteiger partial charge < -0.3 is 15.7 Å². The zero-order chi connectivity index (χ0) is 10.9. The van der Waals surface area contributed by atoms with Gasteiger partial charge in [0.05, 0.1) is 6.10 Å². The summed E-state index contributed by atoms with van der Waals surface area (Å²) in [6, 6.07) is 0.737. The number of nitrogens with one attached hydrogen (secondary N) is 2. The SMILES string of the molecule is CC(O)CNCCNC1CCCCCC1. The molecule has 1 fully saturated rings. The van der Waals surface area contributed by atoms with Gasteiger partial charge in [0, 0.05) is 25.7 Å². The lowest BCUT2D eigenvalue weighted by atomic mass is 10.1. The Labute approximate surface area is 93.6 Å². The lowest BCUT2D eigenvalue weighted by molar-refractivity contribution is 0.191. The van der Waals surface area contributed by atoms with Gasteiger partial charge in [0.2, 0.25) is 0 Å². The van der Waals surface area contributed by atoms with E-state index < -0.39 is 0 Å². The predicted octanol–water partition coefficient (Wildman–Crippen LogP) is 1.27. The second kappa shape index (κ2) is 8.08. The van der Waals surface area contributed by atoms with Crippen LogP contribution in [0.3, 0.4) is 0 Å². The minimum Gasteiger partial charge on any atom is -0.392 e. The van der Waals surface area contributed by atoms with Gasteiger partial charge in [-0.2, -0.15) is 0 Å². The molecule has 0 spiro atoms. The molecule has 0 aromatic rings. The van der Waals surface area contributed by atoms with E-state index in [0.29, 0.717) is 6.54 Å². The summed E-state index contributed by atoms with van der Waals surface area (Å²) in [5, 5.41) is 15.9. The fourth-order valence-electron chi connectivity index (χ4n) is 2.16. The summed E-state index contributed by atoms with van der Waals surface area (Å²) in [5.74, 6) is 0. The topological polar surface area (TPSA) is 44.3 Å². The molecule has 0 aromatic heterocycles. The molecule has 0 aromatic carbocycles. The minimum absolute atomic E-state index is 0.233. The van der Waals surface area contributed by atoms with Crippen LogP contribution >= 0.6 is 0 Å². The molecule has 0 aliphatic heterocycles. The van der Waals surface area contributed by atoms with Crippen molar-refractivity contribution in [2.24, 2.45) is 0 Å². The van der Waals surface area contributed by atoms with E-state index in [0.717, 1.165) is 19.1 Å². The van der Waals surface area contributed by atoms with Crippen molar-refractivity contribution in [1.29, 1.82) is 0 Å². The van der Waals surface area contributed by atoms with Crippen molar-refractivity contribution < 1.29 is 5.11 Å². The quantitative estimate of drug-likeness (QED) is 0.461. The smallest absolute Gasteiger partial charge is 0.0636 e. The Morgan fingerprint density at radius 2 is 1.80 bits per heavy atom. The van der Waals surface area contributed by atoms with Gasteiger partial charge in [0.25, 0.3) is 0 Å². The van der Waals surface area contributed by atoms with E-state index in [2.05, 4.69) is 10.6 Å². The van der Waals surface area contributed by atoms with Crippen molar-refractivity contribution >= 4 is 0 Å². The molecule has 1 unspecified atom stereocenters. The van der Waals surface area contributed by atoms with Crippen LogP contribution in [0.15, 0.2) is 0 Å². The van der Waals surface area contributed by atoms with Gasteiger partial charge in [-0.1, -0.05) is 25.7 Å². The summed E-state index contributed by atoms with van der Waals surface area (Å²) in [6.45, 7) is 4.50. The Bertz CT molecular complexity index is 143. The molecule has 3 heteroatoms. The first kappa shape index (κ1) is 12.9. The Balaban J connectivity index is 1.94. The van der Waals surface area contributed by atoms with E-state index in [-0.39, 0.29) is 6.10 Å². The van der Waals surface area contributed by atoms with Crippen molar-refractivity contribution in [3.63, 3.8) is 0 Å². The maximum atomic E-state index is 9.05. The zero-order valence-corrected chi connectivity index (χ0v) is 9.97. The van der Waals surface area contributed by atoms with Crippen LogP contribution in [0.25, 0.3) is 0 Å². The van der Waals surface area contributed by atoms with Gasteiger partial charge in [-0.25, -0.2) is 0 Å². The number of hydrogen-bond donors (Lipinski definition) is 3. The maximum absolute atomic E-state index is 9.05. The number of aliphatic hydroxyl groups is 1. The highest BCUT2D eigenvalue weighted by atomic mass is 16.3. The summed E-state index contributed by atoms with van der Waals surface area (Å²) in [7, 11) is 0. The number of hydrogen-bond acceptors (Lipinski definition) is 3. The van der Waals surface area contributed by atoms with Crippen LogP contribution in [0, 0.1) is 0 Å². The summed E-state index contributed by atoms with van der Waals surface area (Å²) >= 11 is 0. The van der Waals surface area contributed by atoms with Crippen LogP contribution in [-0.2, 0) is 0 Å². The molecule has 0 saturated heterocycles. The number of aliphatic hydroxyl groups excluding tert-OH is 1. The molecule has 1 saturated carbocycles. The van der Waals surface area contributed by atoms with Crippen LogP contribution in [0.5, 0.6) is 0 Å². The third kappa shape index (κ3) is 6.88. The average Bonchev–Trinajstić information content (AvgIpc) is 2.45. The highest BCUT2D eigenvalue weighted by molar-refractivity contribution is 4.70. The largest absolute Gasteiger partial charge is 0.392 e. The Morgan fingerprint density at radius 3 is 2.40 bits per heavy atom. The normalized spacial score (nSPS) is 21.2. The van der Waals surface area contributed by atoms with Gasteiger partial charge in [-0.05, 0) is 19.8 Å². The van der Waals surface area contributed by atoms with Crippen LogP contribution < -0.4 is 10.6 Å². The molecule has 3 N–H and O–H groups in total. The molecule has 3 nitrogen and oxygen atoms in total. The van der Waals surface area contributed by atoms with E-state index >= 15 is 0 Å². The highest BCUT2D eigenvalue weighted by Crippen LogP contribution is 2.16.